The van der Waals surface area contributed by atoms with Crippen molar-refractivity contribution in [3.05, 3.63) is 47.7 Å². The fourth-order valence-corrected chi connectivity index (χ4v) is 4.02. The van der Waals surface area contributed by atoms with Gasteiger partial charge < -0.3 is 9.30 Å². The number of nitrogens with zero attached hydrogens (tertiary/aromatic N) is 6. The standard InChI is InChI=1S/C21H28N6O/c1-15(2)10-18-13-26(24-23-18)12-17-7-5-9-25(11-17)21(28)19-14-27-16(3)6-4-8-20(27)22-19/h4,6,8,13-15,17H,5,7,9-12H2,1-3H3. The van der Waals surface area contributed by atoms with Crippen LogP contribution in [-0.2, 0) is 13.0 Å². The summed E-state index contributed by atoms with van der Waals surface area (Å²) < 4.78 is 3.91. The predicted molar refractivity (Wildman–Crippen MR) is 107 cm³/mol. The number of hydrogen-bond donors (Lipinski definition) is 0. The number of hydrogen-bond acceptors (Lipinski definition) is 4. The van der Waals surface area contributed by atoms with Crippen molar-refractivity contribution in [2.24, 2.45) is 11.8 Å². The minimum absolute atomic E-state index is 0.0203. The molecule has 7 heteroatoms. The molecule has 0 bridgehead atoms. The molecule has 0 aromatic carbocycles. The molecule has 0 N–H and O–H groups in total. The van der Waals surface area contributed by atoms with Crippen LogP contribution in [0.15, 0.2) is 30.6 Å². The highest BCUT2D eigenvalue weighted by molar-refractivity contribution is 5.93. The SMILES string of the molecule is Cc1cccc2nc(C(=O)N3CCCC(Cn4cc(CC(C)C)nn4)C3)cn12. The van der Waals surface area contributed by atoms with Crippen LogP contribution in [0.5, 0.6) is 0 Å². The highest BCUT2D eigenvalue weighted by Crippen LogP contribution is 2.21. The molecule has 1 saturated heterocycles. The van der Waals surface area contributed by atoms with Gasteiger partial charge in [-0.15, -0.1) is 5.10 Å². The topological polar surface area (TPSA) is 68.3 Å². The lowest BCUT2D eigenvalue weighted by atomic mass is 9.98. The largest absolute Gasteiger partial charge is 0.337 e. The Labute approximate surface area is 165 Å². The maximum Gasteiger partial charge on any atom is 0.274 e. The molecule has 1 aliphatic heterocycles. The van der Waals surface area contributed by atoms with Crippen LogP contribution >= 0.6 is 0 Å². The minimum atomic E-state index is 0.0203. The van der Waals surface area contributed by atoms with Crippen molar-refractivity contribution in [3.8, 4) is 0 Å². The van der Waals surface area contributed by atoms with E-state index in [1.54, 1.807) is 0 Å². The van der Waals surface area contributed by atoms with Crippen molar-refractivity contribution < 1.29 is 4.79 Å². The van der Waals surface area contributed by atoms with Gasteiger partial charge >= 0.3 is 0 Å². The fraction of sp³-hybridized carbons (Fsp3) is 0.524. The van der Waals surface area contributed by atoms with Crippen LogP contribution in [0, 0.1) is 18.8 Å². The average Bonchev–Trinajstić information content (AvgIpc) is 3.28. The summed E-state index contributed by atoms with van der Waals surface area (Å²) in [4.78, 5) is 19.5. The number of likely N-dealkylation sites (tertiary alicyclic amines) is 1. The summed E-state index contributed by atoms with van der Waals surface area (Å²) >= 11 is 0. The number of aromatic nitrogens is 5. The molecule has 3 aromatic heterocycles. The van der Waals surface area contributed by atoms with Gasteiger partial charge in [0.05, 0.1) is 5.69 Å². The van der Waals surface area contributed by atoms with Gasteiger partial charge in [-0.05, 0) is 50.2 Å². The van der Waals surface area contributed by atoms with Gasteiger partial charge in [0.25, 0.3) is 5.91 Å². The molecule has 3 aromatic rings. The van der Waals surface area contributed by atoms with Gasteiger partial charge in [-0.25, -0.2) is 4.98 Å². The zero-order chi connectivity index (χ0) is 19.7. The van der Waals surface area contributed by atoms with Gasteiger partial charge in [-0.1, -0.05) is 25.1 Å². The summed E-state index contributed by atoms with van der Waals surface area (Å²) in [5.74, 6) is 0.985. The molecule has 28 heavy (non-hydrogen) atoms. The first-order chi connectivity index (χ1) is 13.5. The molecule has 0 radical (unpaired) electrons. The highest BCUT2D eigenvalue weighted by Gasteiger charge is 2.26. The quantitative estimate of drug-likeness (QED) is 0.682. The van der Waals surface area contributed by atoms with Gasteiger partial charge in [0, 0.05) is 37.7 Å². The van der Waals surface area contributed by atoms with E-state index < -0.39 is 0 Å². The molecule has 4 rings (SSSR count). The Hall–Kier alpha value is -2.70. The van der Waals surface area contributed by atoms with E-state index in [9.17, 15) is 4.79 Å². The van der Waals surface area contributed by atoms with E-state index in [0.29, 0.717) is 17.5 Å². The molecule has 7 nitrogen and oxygen atoms in total. The Bertz CT molecular complexity index is 972. The lowest BCUT2D eigenvalue weighted by molar-refractivity contribution is 0.0654. The van der Waals surface area contributed by atoms with Gasteiger partial charge in [0.1, 0.15) is 11.3 Å². The summed E-state index contributed by atoms with van der Waals surface area (Å²) in [7, 11) is 0. The maximum atomic E-state index is 13.0. The average molecular weight is 380 g/mol. The number of carbonyl (C=O) groups excluding carboxylic acids is 1. The third kappa shape index (κ3) is 3.93. The van der Waals surface area contributed by atoms with Crippen LogP contribution in [0.2, 0.25) is 0 Å². The summed E-state index contributed by atoms with van der Waals surface area (Å²) in [6.07, 6.45) is 6.96. The first-order valence-electron chi connectivity index (χ1n) is 10.1. The van der Waals surface area contributed by atoms with Crippen LogP contribution in [0.25, 0.3) is 5.65 Å². The van der Waals surface area contributed by atoms with E-state index in [0.717, 1.165) is 55.9 Å². The molecule has 0 saturated carbocycles. The fourth-order valence-electron chi connectivity index (χ4n) is 4.02. The zero-order valence-corrected chi connectivity index (χ0v) is 16.9. The molecule has 1 aliphatic rings. The molecule has 1 unspecified atom stereocenters. The lowest BCUT2D eigenvalue weighted by Crippen LogP contribution is -2.41. The number of carbonyl (C=O) groups is 1. The first kappa shape index (κ1) is 18.7. The van der Waals surface area contributed by atoms with Gasteiger partial charge in [-0.3, -0.25) is 9.48 Å². The first-order valence-corrected chi connectivity index (χ1v) is 10.1. The summed E-state index contributed by atoms with van der Waals surface area (Å²) in [6.45, 7) is 8.73. The Morgan fingerprint density at radius 2 is 2.14 bits per heavy atom. The molecule has 4 heterocycles. The third-order valence-electron chi connectivity index (χ3n) is 5.37. The minimum Gasteiger partial charge on any atom is -0.337 e. The Kier molecular flexibility index (Phi) is 5.15. The maximum absolute atomic E-state index is 13.0. The van der Waals surface area contributed by atoms with Crippen molar-refractivity contribution in [1.29, 1.82) is 0 Å². The van der Waals surface area contributed by atoms with E-state index in [-0.39, 0.29) is 5.91 Å². The number of piperidine rings is 1. The molecule has 1 atom stereocenters. The Balaban J connectivity index is 1.43. The number of aryl methyl sites for hydroxylation is 1. The van der Waals surface area contributed by atoms with Crippen molar-refractivity contribution >= 4 is 11.6 Å². The van der Waals surface area contributed by atoms with Crippen LogP contribution in [0.1, 0.15) is 48.6 Å². The molecule has 1 amide bonds. The van der Waals surface area contributed by atoms with E-state index >= 15 is 0 Å². The second-order valence-electron chi connectivity index (χ2n) is 8.31. The number of imidazole rings is 1. The number of pyridine rings is 1. The van der Waals surface area contributed by atoms with Crippen LogP contribution in [-0.4, -0.2) is 48.3 Å². The summed E-state index contributed by atoms with van der Waals surface area (Å²) in [5.41, 5.74) is 3.45. The van der Waals surface area contributed by atoms with Crippen molar-refractivity contribution in [1.82, 2.24) is 29.3 Å². The molecule has 1 fully saturated rings. The second kappa shape index (κ2) is 7.73. The van der Waals surface area contributed by atoms with E-state index in [1.807, 2.05) is 51.5 Å². The smallest absolute Gasteiger partial charge is 0.274 e. The molecular weight excluding hydrogens is 352 g/mol. The number of fused-ring (bicyclic) bond motifs is 1. The van der Waals surface area contributed by atoms with E-state index in [1.165, 1.54) is 0 Å². The third-order valence-corrected chi connectivity index (χ3v) is 5.37. The predicted octanol–water partition coefficient (Wildman–Crippen LogP) is 2.99. The van der Waals surface area contributed by atoms with Crippen molar-refractivity contribution in [2.75, 3.05) is 13.1 Å². The van der Waals surface area contributed by atoms with E-state index in [4.69, 9.17) is 0 Å². The summed E-state index contributed by atoms with van der Waals surface area (Å²) in [6, 6.07) is 5.92. The van der Waals surface area contributed by atoms with Gasteiger partial charge in [0.15, 0.2) is 0 Å². The van der Waals surface area contributed by atoms with Crippen molar-refractivity contribution in [3.63, 3.8) is 0 Å². The second-order valence-corrected chi connectivity index (χ2v) is 8.31. The monoisotopic (exact) mass is 380 g/mol. The molecule has 148 valence electrons. The Morgan fingerprint density at radius 3 is 2.93 bits per heavy atom. The Morgan fingerprint density at radius 1 is 1.29 bits per heavy atom. The summed E-state index contributed by atoms with van der Waals surface area (Å²) in [5, 5.41) is 8.55. The lowest BCUT2D eigenvalue weighted by Gasteiger charge is -2.32. The van der Waals surface area contributed by atoms with Crippen LogP contribution in [0.4, 0.5) is 0 Å². The number of amides is 1. The van der Waals surface area contributed by atoms with Crippen LogP contribution in [0.3, 0.4) is 0 Å². The number of rotatable bonds is 5. The molecule has 0 aliphatic carbocycles. The zero-order valence-electron chi connectivity index (χ0n) is 16.9. The van der Waals surface area contributed by atoms with Gasteiger partial charge in [-0.2, -0.15) is 0 Å². The van der Waals surface area contributed by atoms with Crippen molar-refractivity contribution in [2.45, 2.75) is 46.6 Å². The van der Waals surface area contributed by atoms with E-state index in [2.05, 4.69) is 29.1 Å². The molecular formula is C21H28N6O. The highest BCUT2D eigenvalue weighted by atomic mass is 16.2. The normalized spacial score (nSPS) is 17.6. The van der Waals surface area contributed by atoms with Gasteiger partial charge in [0.2, 0.25) is 0 Å². The molecule has 0 spiro atoms. The van der Waals surface area contributed by atoms with Crippen LogP contribution < -0.4 is 0 Å².